The zero-order valence-electron chi connectivity index (χ0n) is 17.2. The first-order chi connectivity index (χ1) is 15.3. The molecule has 2 atom stereocenters. The Hall–Kier alpha value is -3.01. The maximum absolute atomic E-state index is 13.8. The Bertz CT molecular complexity index is 1290. The molecular formula is C22H22F2N4O3S. The Morgan fingerprint density at radius 1 is 1.12 bits per heavy atom. The standard InChI is InChI=1S/C22H22F2N4O3S/c23-15-8-14(9-16(24)10-15)20-2-1-5-27(20)18-3-6-28-21(11-18)19(12-25-28)22(29)26-17-4-7-32(30,31)13-17/h3,6,8-12,17,20H,1-2,4-5,7,13H2,(H,26,29). The molecule has 2 fully saturated rings. The number of fused-ring (bicyclic) bond motifs is 1. The highest BCUT2D eigenvalue weighted by Gasteiger charge is 2.30. The number of nitrogens with one attached hydrogen (secondary N) is 1. The van der Waals surface area contributed by atoms with Crippen LogP contribution < -0.4 is 10.2 Å². The van der Waals surface area contributed by atoms with Crippen molar-refractivity contribution in [3.8, 4) is 0 Å². The Labute approximate surface area is 183 Å². The largest absolute Gasteiger partial charge is 0.364 e. The summed E-state index contributed by atoms with van der Waals surface area (Å²) in [4.78, 5) is 14.9. The van der Waals surface area contributed by atoms with Gasteiger partial charge in [-0.3, -0.25) is 4.79 Å². The van der Waals surface area contributed by atoms with Crippen molar-refractivity contribution >= 4 is 26.9 Å². The molecule has 0 aliphatic carbocycles. The lowest BCUT2D eigenvalue weighted by atomic mass is 10.0. The quantitative estimate of drug-likeness (QED) is 0.647. The number of amides is 1. The molecule has 2 aliphatic rings. The average Bonchev–Trinajstić information content (AvgIpc) is 3.44. The SMILES string of the molecule is O=C(NC1CCS(=O)(=O)C1)c1cnn2ccc(N3CCCC3c3cc(F)cc(F)c3)cc12. The maximum Gasteiger partial charge on any atom is 0.255 e. The molecule has 2 unspecified atom stereocenters. The van der Waals surface area contributed by atoms with E-state index >= 15 is 0 Å². The maximum atomic E-state index is 13.8. The molecule has 0 radical (unpaired) electrons. The molecule has 2 aliphatic heterocycles. The Kier molecular flexibility index (Phi) is 5.11. The average molecular weight is 461 g/mol. The van der Waals surface area contributed by atoms with Crippen LogP contribution in [0.5, 0.6) is 0 Å². The van der Waals surface area contributed by atoms with Gasteiger partial charge in [-0.2, -0.15) is 5.10 Å². The van der Waals surface area contributed by atoms with E-state index < -0.39 is 27.5 Å². The van der Waals surface area contributed by atoms with Gasteiger partial charge in [0.1, 0.15) is 11.6 Å². The number of hydrogen-bond acceptors (Lipinski definition) is 5. The zero-order chi connectivity index (χ0) is 22.5. The lowest BCUT2D eigenvalue weighted by Crippen LogP contribution is -2.35. The number of halogens is 2. The Balaban J connectivity index is 1.43. The zero-order valence-corrected chi connectivity index (χ0v) is 18.0. The van der Waals surface area contributed by atoms with Crippen LogP contribution in [-0.4, -0.2) is 48.0 Å². The normalized spacial score (nSPS) is 22.5. The molecule has 7 nitrogen and oxygen atoms in total. The minimum Gasteiger partial charge on any atom is -0.364 e. The molecule has 1 amide bonds. The molecule has 5 rings (SSSR count). The number of nitrogens with zero attached hydrogens (tertiary/aromatic N) is 3. The topological polar surface area (TPSA) is 83.8 Å². The van der Waals surface area contributed by atoms with Crippen LogP contribution in [0.3, 0.4) is 0 Å². The highest BCUT2D eigenvalue weighted by Crippen LogP contribution is 2.37. The predicted molar refractivity (Wildman–Crippen MR) is 115 cm³/mol. The number of aromatic nitrogens is 2. The summed E-state index contributed by atoms with van der Waals surface area (Å²) in [5, 5.41) is 7.03. The minimum absolute atomic E-state index is 0.0527. The highest BCUT2D eigenvalue weighted by molar-refractivity contribution is 7.91. The van der Waals surface area contributed by atoms with Crippen LogP contribution in [0.1, 0.15) is 41.2 Å². The van der Waals surface area contributed by atoms with Gasteiger partial charge in [0, 0.05) is 30.5 Å². The van der Waals surface area contributed by atoms with Gasteiger partial charge in [-0.05, 0) is 49.1 Å². The van der Waals surface area contributed by atoms with E-state index in [2.05, 4.69) is 15.3 Å². The third kappa shape index (κ3) is 3.94. The number of carbonyl (C=O) groups is 1. The molecule has 0 bridgehead atoms. The molecule has 0 saturated carbocycles. The van der Waals surface area contributed by atoms with E-state index in [1.165, 1.54) is 18.3 Å². The van der Waals surface area contributed by atoms with Gasteiger partial charge in [0.05, 0.1) is 34.8 Å². The molecule has 4 heterocycles. The van der Waals surface area contributed by atoms with Crippen molar-refractivity contribution in [1.29, 1.82) is 0 Å². The second-order valence-corrected chi connectivity index (χ2v) is 10.6. The van der Waals surface area contributed by atoms with Gasteiger partial charge in [0.25, 0.3) is 5.91 Å². The smallest absolute Gasteiger partial charge is 0.255 e. The fourth-order valence-corrected chi connectivity index (χ4v) is 6.36. The number of carbonyl (C=O) groups excluding carboxylic acids is 1. The van der Waals surface area contributed by atoms with Crippen molar-refractivity contribution in [2.24, 2.45) is 0 Å². The van der Waals surface area contributed by atoms with Crippen molar-refractivity contribution in [2.45, 2.75) is 31.3 Å². The summed E-state index contributed by atoms with van der Waals surface area (Å²) in [6.07, 6.45) is 5.23. The van der Waals surface area contributed by atoms with Crippen molar-refractivity contribution in [3.63, 3.8) is 0 Å². The first-order valence-corrected chi connectivity index (χ1v) is 12.3. The number of hydrogen-bond donors (Lipinski definition) is 1. The monoisotopic (exact) mass is 460 g/mol. The highest BCUT2D eigenvalue weighted by atomic mass is 32.2. The van der Waals surface area contributed by atoms with E-state index in [1.54, 1.807) is 10.7 Å². The molecule has 168 valence electrons. The van der Waals surface area contributed by atoms with Crippen LogP contribution >= 0.6 is 0 Å². The summed E-state index contributed by atoms with van der Waals surface area (Å²) in [7, 11) is -3.10. The van der Waals surface area contributed by atoms with E-state index in [9.17, 15) is 22.0 Å². The van der Waals surface area contributed by atoms with Crippen molar-refractivity contribution in [2.75, 3.05) is 23.0 Å². The Morgan fingerprint density at radius 2 is 1.91 bits per heavy atom. The number of sulfone groups is 1. The van der Waals surface area contributed by atoms with Crippen molar-refractivity contribution in [3.05, 3.63) is 65.5 Å². The summed E-state index contributed by atoms with van der Waals surface area (Å²) < 4.78 is 52.5. The molecule has 1 aromatic carbocycles. The fourth-order valence-electron chi connectivity index (χ4n) is 4.68. The molecule has 2 aromatic heterocycles. The molecule has 2 saturated heterocycles. The van der Waals surface area contributed by atoms with Gasteiger partial charge in [-0.25, -0.2) is 21.7 Å². The first kappa shape index (κ1) is 20.9. The van der Waals surface area contributed by atoms with Crippen LogP contribution in [0, 0.1) is 11.6 Å². The summed E-state index contributed by atoms with van der Waals surface area (Å²) in [5.41, 5.74) is 2.33. The molecular weight excluding hydrogens is 438 g/mol. The number of rotatable bonds is 4. The van der Waals surface area contributed by atoms with E-state index in [1.807, 2.05) is 12.1 Å². The molecule has 3 aromatic rings. The number of benzene rings is 1. The van der Waals surface area contributed by atoms with E-state index in [0.717, 1.165) is 24.6 Å². The second-order valence-electron chi connectivity index (χ2n) is 8.40. The van der Waals surface area contributed by atoms with Crippen LogP contribution in [0.4, 0.5) is 14.5 Å². The lowest BCUT2D eigenvalue weighted by molar-refractivity contribution is 0.0943. The van der Waals surface area contributed by atoms with Gasteiger partial charge < -0.3 is 10.2 Å². The fraction of sp³-hybridized carbons (Fsp3) is 0.364. The third-order valence-electron chi connectivity index (χ3n) is 6.17. The van der Waals surface area contributed by atoms with Crippen LogP contribution in [0.2, 0.25) is 0 Å². The van der Waals surface area contributed by atoms with Gasteiger partial charge in [0.2, 0.25) is 0 Å². The van der Waals surface area contributed by atoms with Crippen molar-refractivity contribution < 1.29 is 22.0 Å². The lowest BCUT2D eigenvalue weighted by Gasteiger charge is -2.27. The molecule has 10 heteroatoms. The van der Waals surface area contributed by atoms with Gasteiger partial charge in [0.15, 0.2) is 9.84 Å². The Morgan fingerprint density at radius 3 is 2.62 bits per heavy atom. The number of pyridine rings is 1. The summed E-state index contributed by atoms with van der Waals surface area (Å²) >= 11 is 0. The second kappa shape index (κ2) is 7.84. The molecule has 1 N–H and O–H groups in total. The number of anilines is 1. The summed E-state index contributed by atoms with van der Waals surface area (Å²) in [5.74, 6) is -1.56. The van der Waals surface area contributed by atoms with Crippen LogP contribution in [-0.2, 0) is 9.84 Å². The predicted octanol–water partition coefficient (Wildman–Crippen LogP) is 2.87. The van der Waals surface area contributed by atoms with Crippen LogP contribution in [0.25, 0.3) is 5.52 Å². The van der Waals surface area contributed by atoms with Gasteiger partial charge in [-0.1, -0.05) is 0 Å². The summed E-state index contributed by atoms with van der Waals surface area (Å²) in [6.45, 7) is 0.717. The summed E-state index contributed by atoms with van der Waals surface area (Å²) in [6, 6.07) is 6.70. The van der Waals surface area contributed by atoms with E-state index in [0.29, 0.717) is 29.6 Å². The first-order valence-electron chi connectivity index (χ1n) is 10.5. The molecule has 0 spiro atoms. The van der Waals surface area contributed by atoms with Crippen LogP contribution in [0.15, 0.2) is 42.7 Å². The minimum atomic E-state index is -3.10. The van der Waals surface area contributed by atoms with Crippen molar-refractivity contribution in [1.82, 2.24) is 14.9 Å². The van der Waals surface area contributed by atoms with E-state index in [-0.39, 0.29) is 23.5 Å². The van der Waals surface area contributed by atoms with Gasteiger partial charge in [-0.15, -0.1) is 0 Å². The molecule has 32 heavy (non-hydrogen) atoms. The van der Waals surface area contributed by atoms with E-state index in [4.69, 9.17) is 0 Å². The van der Waals surface area contributed by atoms with Gasteiger partial charge >= 0.3 is 0 Å². The third-order valence-corrected chi connectivity index (χ3v) is 7.94.